The molecular weight excluding hydrogens is 355 g/mol. The molecule has 0 radical (unpaired) electrons. The number of furan rings is 1. The Labute approximate surface area is 147 Å². The van der Waals surface area contributed by atoms with E-state index in [0.717, 1.165) is 5.56 Å². The van der Waals surface area contributed by atoms with Gasteiger partial charge in [-0.15, -0.1) is 0 Å². The van der Waals surface area contributed by atoms with E-state index in [1.54, 1.807) is 12.1 Å². The summed E-state index contributed by atoms with van der Waals surface area (Å²) < 4.78 is 54.1. The van der Waals surface area contributed by atoms with E-state index in [4.69, 9.17) is 13.9 Å². The van der Waals surface area contributed by atoms with Crippen LogP contribution in [0, 0.1) is 5.82 Å². The number of hydrogen-bond acceptors (Lipinski definition) is 5. The highest BCUT2D eigenvalue weighted by Gasteiger charge is 2.16. The van der Waals surface area contributed by atoms with Gasteiger partial charge in [-0.3, -0.25) is 0 Å². The lowest BCUT2D eigenvalue weighted by atomic mass is 10.1. The number of alkyl halides is 2. The molecule has 0 saturated heterocycles. The Balaban J connectivity index is 1.48. The molecule has 0 fully saturated rings. The molecule has 1 N–H and O–H groups in total. The van der Waals surface area contributed by atoms with Gasteiger partial charge in [0, 0.05) is 5.56 Å². The van der Waals surface area contributed by atoms with Crippen molar-refractivity contribution in [1.29, 1.82) is 0 Å². The second-order valence-electron chi connectivity index (χ2n) is 5.53. The SMILES string of the molecule is Fc1cc(CCNCc2ccc(CSC(F)F)o2)c2c(c1)COCO2. The largest absolute Gasteiger partial charge is 0.467 e. The first-order valence-corrected chi connectivity index (χ1v) is 8.86. The first-order chi connectivity index (χ1) is 12.1. The fourth-order valence-electron chi connectivity index (χ4n) is 2.62. The van der Waals surface area contributed by atoms with E-state index in [2.05, 4.69) is 5.32 Å². The minimum Gasteiger partial charge on any atom is -0.467 e. The molecule has 0 aliphatic carbocycles. The van der Waals surface area contributed by atoms with E-state index in [1.165, 1.54) is 12.1 Å². The molecule has 0 spiro atoms. The van der Waals surface area contributed by atoms with Crippen LogP contribution >= 0.6 is 11.8 Å². The van der Waals surface area contributed by atoms with E-state index in [9.17, 15) is 13.2 Å². The molecule has 136 valence electrons. The molecule has 2 aromatic rings. The lowest BCUT2D eigenvalue weighted by molar-refractivity contribution is -0.0172. The molecule has 4 nitrogen and oxygen atoms in total. The molecule has 3 rings (SSSR count). The zero-order chi connectivity index (χ0) is 17.6. The van der Waals surface area contributed by atoms with Crippen LogP contribution in [0.15, 0.2) is 28.7 Å². The summed E-state index contributed by atoms with van der Waals surface area (Å²) in [5.74, 6) is -0.678. The Morgan fingerprint density at radius 1 is 1.20 bits per heavy atom. The van der Waals surface area contributed by atoms with Crippen LogP contribution in [-0.4, -0.2) is 19.1 Å². The molecule has 0 atom stereocenters. The Morgan fingerprint density at radius 3 is 2.88 bits per heavy atom. The van der Waals surface area contributed by atoms with Gasteiger partial charge in [-0.1, -0.05) is 11.8 Å². The summed E-state index contributed by atoms with van der Waals surface area (Å²) in [5.41, 5.74) is 1.51. The zero-order valence-corrected chi connectivity index (χ0v) is 14.2. The molecule has 2 heterocycles. The van der Waals surface area contributed by atoms with Crippen LogP contribution < -0.4 is 10.1 Å². The highest BCUT2D eigenvalue weighted by atomic mass is 32.2. The third kappa shape index (κ3) is 5.17. The molecule has 0 amide bonds. The van der Waals surface area contributed by atoms with Gasteiger partial charge in [0.25, 0.3) is 5.76 Å². The molecule has 25 heavy (non-hydrogen) atoms. The quantitative estimate of drug-likeness (QED) is 0.707. The average Bonchev–Trinajstić information content (AvgIpc) is 3.04. The van der Waals surface area contributed by atoms with Gasteiger partial charge in [0.15, 0.2) is 6.79 Å². The lowest BCUT2D eigenvalue weighted by Gasteiger charge is -2.20. The summed E-state index contributed by atoms with van der Waals surface area (Å²) in [5, 5.41) is 3.20. The van der Waals surface area contributed by atoms with Gasteiger partial charge in [0.2, 0.25) is 0 Å². The van der Waals surface area contributed by atoms with Crippen molar-refractivity contribution in [3.63, 3.8) is 0 Å². The van der Waals surface area contributed by atoms with Crippen molar-refractivity contribution in [3.05, 3.63) is 52.7 Å². The number of halogens is 3. The molecule has 1 aliphatic heterocycles. The second kappa shape index (κ2) is 8.64. The van der Waals surface area contributed by atoms with E-state index < -0.39 is 5.76 Å². The predicted octanol–water partition coefficient (Wildman–Crippen LogP) is 4.07. The maximum Gasteiger partial charge on any atom is 0.284 e. The minimum atomic E-state index is -2.41. The van der Waals surface area contributed by atoms with Crippen LogP contribution in [0.2, 0.25) is 0 Å². The zero-order valence-electron chi connectivity index (χ0n) is 13.4. The topological polar surface area (TPSA) is 43.6 Å². The molecule has 0 bridgehead atoms. The number of ether oxygens (including phenoxy) is 2. The Kier molecular flexibility index (Phi) is 6.28. The first-order valence-electron chi connectivity index (χ1n) is 7.81. The number of benzene rings is 1. The fraction of sp³-hybridized carbons (Fsp3) is 0.412. The summed E-state index contributed by atoms with van der Waals surface area (Å²) >= 11 is 0.531. The smallest absolute Gasteiger partial charge is 0.284 e. The number of hydrogen-bond donors (Lipinski definition) is 1. The second-order valence-corrected chi connectivity index (χ2v) is 6.51. The third-order valence-corrected chi connectivity index (χ3v) is 4.39. The molecule has 1 aliphatic rings. The van der Waals surface area contributed by atoms with Crippen molar-refractivity contribution in [3.8, 4) is 5.75 Å². The lowest BCUT2D eigenvalue weighted by Crippen LogP contribution is -2.19. The van der Waals surface area contributed by atoms with Crippen LogP contribution in [0.3, 0.4) is 0 Å². The summed E-state index contributed by atoms with van der Waals surface area (Å²) in [4.78, 5) is 0. The first kappa shape index (κ1) is 18.2. The molecule has 0 unspecified atom stereocenters. The maximum atomic E-state index is 13.7. The van der Waals surface area contributed by atoms with Crippen LogP contribution in [0.4, 0.5) is 13.2 Å². The van der Waals surface area contributed by atoms with Crippen molar-refractivity contribution in [2.45, 2.75) is 31.1 Å². The van der Waals surface area contributed by atoms with Gasteiger partial charge >= 0.3 is 0 Å². The Bertz CT molecular complexity index is 708. The Morgan fingerprint density at radius 2 is 2.04 bits per heavy atom. The molecule has 0 saturated carbocycles. The highest BCUT2D eigenvalue weighted by molar-refractivity contribution is 7.98. The fourth-order valence-corrected chi connectivity index (χ4v) is 3.06. The summed E-state index contributed by atoms with van der Waals surface area (Å²) in [6.45, 7) is 1.59. The van der Waals surface area contributed by atoms with E-state index in [1.807, 2.05) is 0 Å². The normalized spacial score (nSPS) is 13.8. The van der Waals surface area contributed by atoms with E-state index in [0.29, 0.717) is 60.7 Å². The van der Waals surface area contributed by atoms with Gasteiger partial charge in [-0.25, -0.2) is 4.39 Å². The van der Waals surface area contributed by atoms with Crippen molar-refractivity contribution in [2.75, 3.05) is 13.3 Å². The van der Waals surface area contributed by atoms with E-state index in [-0.39, 0.29) is 18.4 Å². The number of thioether (sulfide) groups is 1. The van der Waals surface area contributed by atoms with Crippen molar-refractivity contribution in [2.24, 2.45) is 0 Å². The Hall–Kier alpha value is -1.64. The van der Waals surface area contributed by atoms with Crippen LogP contribution in [0.5, 0.6) is 5.75 Å². The molecular formula is C17H18F3NO3S. The molecule has 8 heteroatoms. The van der Waals surface area contributed by atoms with Crippen molar-refractivity contribution >= 4 is 11.8 Å². The van der Waals surface area contributed by atoms with Crippen molar-refractivity contribution < 1.29 is 27.1 Å². The number of nitrogens with one attached hydrogen (secondary N) is 1. The molecule has 1 aromatic carbocycles. The van der Waals surface area contributed by atoms with Crippen LogP contribution in [0.1, 0.15) is 22.6 Å². The van der Waals surface area contributed by atoms with Gasteiger partial charge in [-0.05, 0) is 42.8 Å². The van der Waals surface area contributed by atoms with Crippen LogP contribution in [0.25, 0.3) is 0 Å². The predicted molar refractivity (Wildman–Crippen MR) is 88.1 cm³/mol. The van der Waals surface area contributed by atoms with Gasteiger partial charge < -0.3 is 19.2 Å². The monoisotopic (exact) mass is 373 g/mol. The molecule has 1 aromatic heterocycles. The van der Waals surface area contributed by atoms with Gasteiger partial charge in [0.05, 0.1) is 18.9 Å². The van der Waals surface area contributed by atoms with Crippen molar-refractivity contribution in [1.82, 2.24) is 5.32 Å². The van der Waals surface area contributed by atoms with Gasteiger partial charge in [-0.2, -0.15) is 8.78 Å². The van der Waals surface area contributed by atoms with Crippen LogP contribution in [-0.2, 0) is 30.1 Å². The average molecular weight is 373 g/mol. The maximum absolute atomic E-state index is 13.7. The number of rotatable bonds is 8. The summed E-state index contributed by atoms with van der Waals surface area (Å²) in [6.07, 6.45) is 0.592. The summed E-state index contributed by atoms with van der Waals surface area (Å²) in [6, 6.07) is 6.35. The standard InChI is InChI=1S/C17H18F3NO3S/c18-13-5-11(16-12(6-13)8-22-10-23-16)3-4-21-7-14-1-2-15(24-14)9-25-17(19)20/h1-2,5-6,17,21H,3-4,7-10H2. The summed E-state index contributed by atoms with van der Waals surface area (Å²) in [7, 11) is 0. The highest BCUT2D eigenvalue weighted by Crippen LogP contribution is 2.29. The minimum absolute atomic E-state index is 0.145. The number of fused-ring (bicyclic) bond motifs is 1. The van der Waals surface area contributed by atoms with Gasteiger partial charge in [0.1, 0.15) is 23.1 Å². The third-order valence-electron chi connectivity index (χ3n) is 3.69. The van der Waals surface area contributed by atoms with E-state index >= 15 is 0 Å².